The van der Waals surface area contributed by atoms with Crippen molar-refractivity contribution in [1.82, 2.24) is 5.32 Å². The first-order chi connectivity index (χ1) is 12.1. The van der Waals surface area contributed by atoms with Gasteiger partial charge in [-0.1, -0.05) is 31.2 Å². The predicted molar refractivity (Wildman–Crippen MR) is 97.3 cm³/mol. The minimum absolute atomic E-state index is 0.131. The summed E-state index contributed by atoms with van der Waals surface area (Å²) in [5, 5.41) is 3.00. The number of ether oxygens (including phenoxy) is 3. The number of nitrogens with one attached hydrogen (secondary N) is 1. The van der Waals surface area contributed by atoms with Crippen molar-refractivity contribution in [1.29, 1.82) is 0 Å². The highest BCUT2D eigenvalue weighted by atomic mass is 16.5. The van der Waals surface area contributed by atoms with E-state index in [2.05, 4.69) is 5.32 Å². The van der Waals surface area contributed by atoms with Crippen LogP contribution in [0.4, 0.5) is 0 Å². The summed E-state index contributed by atoms with van der Waals surface area (Å²) >= 11 is 0. The molecule has 134 valence electrons. The molecule has 2 atom stereocenters. The van der Waals surface area contributed by atoms with Gasteiger partial charge in [0.15, 0.2) is 17.6 Å². The zero-order valence-corrected chi connectivity index (χ0v) is 15.1. The smallest absolute Gasteiger partial charge is 0.261 e. The van der Waals surface area contributed by atoms with Crippen LogP contribution in [-0.4, -0.2) is 26.2 Å². The first kappa shape index (κ1) is 18.6. The zero-order valence-electron chi connectivity index (χ0n) is 15.1. The standard InChI is InChI=1S/C20H25NO4/c1-5-17(25-19-9-7-6-8-18(19)24-4)20(22)21-14(2)15-10-12-16(23-3)13-11-15/h6-14,17H,5H2,1-4H3,(H,21,22). The molecule has 2 aromatic rings. The van der Waals surface area contributed by atoms with Crippen molar-refractivity contribution in [2.24, 2.45) is 0 Å². The number of carbonyl (C=O) groups is 1. The molecule has 0 spiro atoms. The Hall–Kier alpha value is -2.69. The largest absolute Gasteiger partial charge is 0.497 e. The zero-order chi connectivity index (χ0) is 18.2. The van der Waals surface area contributed by atoms with E-state index in [1.54, 1.807) is 26.4 Å². The lowest BCUT2D eigenvalue weighted by Crippen LogP contribution is -2.39. The second-order valence-electron chi connectivity index (χ2n) is 5.67. The van der Waals surface area contributed by atoms with Gasteiger partial charge in [0.1, 0.15) is 5.75 Å². The third-order valence-corrected chi connectivity index (χ3v) is 3.98. The molecule has 25 heavy (non-hydrogen) atoms. The number of para-hydroxylation sites is 2. The van der Waals surface area contributed by atoms with Gasteiger partial charge in [0, 0.05) is 0 Å². The Morgan fingerprint density at radius 3 is 2.20 bits per heavy atom. The molecule has 0 bridgehead atoms. The summed E-state index contributed by atoms with van der Waals surface area (Å²) in [6, 6.07) is 14.8. The summed E-state index contributed by atoms with van der Waals surface area (Å²) in [5.74, 6) is 1.80. The number of methoxy groups -OCH3 is 2. The lowest BCUT2D eigenvalue weighted by molar-refractivity contribution is -0.128. The van der Waals surface area contributed by atoms with E-state index in [1.807, 2.05) is 50.2 Å². The molecule has 0 radical (unpaired) electrons. The fourth-order valence-corrected chi connectivity index (χ4v) is 2.47. The van der Waals surface area contributed by atoms with Crippen LogP contribution in [0.5, 0.6) is 17.2 Å². The fraction of sp³-hybridized carbons (Fsp3) is 0.350. The van der Waals surface area contributed by atoms with E-state index in [0.29, 0.717) is 17.9 Å². The molecule has 0 heterocycles. The SMILES string of the molecule is CCC(Oc1ccccc1OC)C(=O)NC(C)c1ccc(OC)cc1. The molecule has 0 fully saturated rings. The second-order valence-corrected chi connectivity index (χ2v) is 5.67. The molecular weight excluding hydrogens is 318 g/mol. The third kappa shape index (κ3) is 4.89. The van der Waals surface area contributed by atoms with Gasteiger partial charge in [0.05, 0.1) is 20.3 Å². The maximum absolute atomic E-state index is 12.6. The maximum Gasteiger partial charge on any atom is 0.261 e. The lowest BCUT2D eigenvalue weighted by Gasteiger charge is -2.21. The maximum atomic E-state index is 12.6. The van der Waals surface area contributed by atoms with E-state index in [1.165, 1.54) is 0 Å². The molecule has 2 unspecified atom stereocenters. The average molecular weight is 343 g/mol. The van der Waals surface area contributed by atoms with Crippen LogP contribution in [0.1, 0.15) is 31.9 Å². The van der Waals surface area contributed by atoms with E-state index in [4.69, 9.17) is 14.2 Å². The third-order valence-electron chi connectivity index (χ3n) is 3.98. The first-order valence-corrected chi connectivity index (χ1v) is 8.33. The normalized spacial score (nSPS) is 12.8. The molecule has 0 saturated carbocycles. The van der Waals surface area contributed by atoms with Crippen LogP contribution in [0.15, 0.2) is 48.5 Å². The van der Waals surface area contributed by atoms with Crippen LogP contribution < -0.4 is 19.5 Å². The van der Waals surface area contributed by atoms with E-state index in [9.17, 15) is 4.79 Å². The fourth-order valence-electron chi connectivity index (χ4n) is 2.47. The van der Waals surface area contributed by atoms with E-state index in [-0.39, 0.29) is 11.9 Å². The molecule has 2 rings (SSSR count). The van der Waals surface area contributed by atoms with Crippen LogP contribution in [-0.2, 0) is 4.79 Å². The molecule has 0 aliphatic rings. The average Bonchev–Trinajstić information content (AvgIpc) is 2.66. The number of hydrogen-bond acceptors (Lipinski definition) is 4. The Labute approximate surface area is 148 Å². The molecule has 1 N–H and O–H groups in total. The van der Waals surface area contributed by atoms with Gasteiger partial charge in [-0.25, -0.2) is 0 Å². The Morgan fingerprint density at radius 1 is 1.00 bits per heavy atom. The van der Waals surface area contributed by atoms with Gasteiger partial charge in [-0.3, -0.25) is 4.79 Å². The number of rotatable bonds is 8. The highest BCUT2D eigenvalue weighted by Crippen LogP contribution is 2.27. The number of carbonyl (C=O) groups excluding carboxylic acids is 1. The molecule has 0 aliphatic carbocycles. The minimum atomic E-state index is -0.586. The number of hydrogen-bond donors (Lipinski definition) is 1. The summed E-state index contributed by atoms with van der Waals surface area (Å²) in [5.41, 5.74) is 1.00. The molecule has 5 nitrogen and oxygen atoms in total. The van der Waals surface area contributed by atoms with Crippen molar-refractivity contribution in [3.8, 4) is 17.2 Å². The van der Waals surface area contributed by atoms with Crippen molar-refractivity contribution in [2.75, 3.05) is 14.2 Å². The van der Waals surface area contributed by atoms with Crippen LogP contribution in [0, 0.1) is 0 Å². The number of benzene rings is 2. The van der Waals surface area contributed by atoms with Crippen LogP contribution in [0.25, 0.3) is 0 Å². The van der Waals surface area contributed by atoms with Crippen molar-refractivity contribution < 1.29 is 19.0 Å². The topological polar surface area (TPSA) is 56.8 Å². The van der Waals surface area contributed by atoms with Crippen molar-refractivity contribution in [3.63, 3.8) is 0 Å². The summed E-state index contributed by atoms with van der Waals surface area (Å²) in [6.07, 6.45) is -0.0313. The summed E-state index contributed by atoms with van der Waals surface area (Å²) < 4.78 is 16.3. The molecule has 1 amide bonds. The van der Waals surface area contributed by atoms with Gasteiger partial charge in [-0.2, -0.15) is 0 Å². The quantitative estimate of drug-likeness (QED) is 0.793. The molecule has 0 aliphatic heterocycles. The van der Waals surface area contributed by atoms with Gasteiger partial charge < -0.3 is 19.5 Å². The van der Waals surface area contributed by atoms with Gasteiger partial charge in [0.25, 0.3) is 5.91 Å². The first-order valence-electron chi connectivity index (χ1n) is 8.33. The molecular formula is C20H25NO4. The Balaban J connectivity index is 2.03. The van der Waals surface area contributed by atoms with Crippen LogP contribution in [0.2, 0.25) is 0 Å². The van der Waals surface area contributed by atoms with Crippen LogP contribution in [0.3, 0.4) is 0 Å². The lowest BCUT2D eigenvalue weighted by atomic mass is 10.1. The van der Waals surface area contributed by atoms with Gasteiger partial charge in [-0.15, -0.1) is 0 Å². The molecule has 5 heteroatoms. The Bertz CT molecular complexity index is 684. The number of amides is 1. The van der Waals surface area contributed by atoms with E-state index < -0.39 is 6.10 Å². The van der Waals surface area contributed by atoms with Gasteiger partial charge in [-0.05, 0) is 43.2 Å². The van der Waals surface area contributed by atoms with Crippen molar-refractivity contribution >= 4 is 5.91 Å². The van der Waals surface area contributed by atoms with Gasteiger partial charge >= 0.3 is 0 Å². The highest BCUT2D eigenvalue weighted by molar-refractivity contribution is 5.81. The van der Waals surface area contributed by atoms with Crippen molar-refractivity contribution in [3.05, 3.63) is 54.1 Å². The van der Waals surface area contributed by atoms with Gasteiger partial charge in [0.2, 0.25) is 0 Å². The van der Waals surface area contributed by atoms with E-state index >= 15 is 0 Å². The summed E-state index contributed by atoms with van der Waals surface area (Å²) in [6.45, 7) is 3.85. The van der Waals surface area contributed by atoms with E-state index in [0.717, 1.165) is 11.3 Å². The Kier molecular flexibility index (Phi) is 6.69. The molecule has 0 aromatic heterocycles. The molecule has 2 aromatic carbocycles. The summed E-state index contributed by atoms with van der Waals surface area (Å²) in [4.78, 5) is 12.6. The molecule has 0 saturated heterocycles. The minimum Gasteiger partial charge on any atom is -0.497 e. The van der Waals surface area contributed by atoms with Crippen LogP contribution >= 0.6 is 0 Å². The van der Waals surface area contributed by atoms with Crippen molar-refractivity contribution in [2.45, 2.75) is 32.4 Å². The Morgan fingerprint density at radius 2 is 1.64 bits per heavy atom. The second kappa shape index (κ2) is 8.97. The predicted octanol–water partition coefficient (Wildman–Crippen LogP) is 3.74. The summed E-state index contributed by atoms with van der Waals surface area (Å²) in [7, 11) is 3.20. The monoisotopic (exact) mass is 343 g/mol. The highest BCUT2D eigenvalue weighted by Gasteiger charge is 2.22.